The van der Waals surface area contributed by atoms with Gasteiger partial charge < -0.3 is 20.9 Å². The molecule has 0 atom stereocenters. The number of nitrogens with zero attached hydrogens (tertiary/aromatic N) is 3. The predicted octanol–water partition coefficient (Wildman–Crippen LogP) is 4.56. The molecule has 0 aliphatic rings. The number of aliphatic imine (C=N–C) groups is 1. The van der Waals surface area contributed by atoms with Crippen LogP contribution in [0.1, 0.15) is 45.4 Å². The molecule has 4 N–H and O–H groups in total. The second-order valence-electron chi connectivity index (χ2n) is 7.86. The molecule has 30 heavy (non-hydrogen) atoms. The summed E-state index contributed by atoms with van der Waals surface area (Å²) >= 11 is 0. The number of fused-ring (bicyclic) bond motifs is 1. The van der Waals surface area contributed by atoms with Gasteiger partial charge in [0.25, 0.3) is 0 Å². The van der Waals surface area contributed by atoms with Crippen molar-refractivity contribution >= 4 is 18.2 Å². The second kappa shape index (κ2) is 10.6. The van der Waals surface area contributed by atoms with Crippen LogP contribution >= 0.6 is 0 Å². The summed E-state index contributed by atoms with van der Waals surface area (Å²) < 4.78 is 15.3. The van der Waals surface area contributed by atoms with Crippen LogP contribution in [-0.4, -0.2) is 27.5 Å². The third-order valence-corrected chi connectivity index (χ3v) is 4.18. The summed E-state index contributed by atoms with van der Waals surface area (Å²) in [6, 6.07) is 10.3. The highest BCUT2D eigenvalue weighted by atomic mass is 19.1. The third-order valence-electron chi connectivity index (χ3n) is 4.18. The van der Waals surface area contributed by atoms with E-state index in [1.54, 1.807) is 18.5 Å². The summed E-state index contributed by atoms with van der Waals surface area (Å²) in [4.78, 5) is 9.24. The van der Waals surface area contributed by atoms with Crippen molar-refractivity contribution < 1.29 is 4.39 Å². The first-order valence-corrected chi connectivity index (χ1v) is 9.99. The maximum atomic E-state index is 13.3. The normalized spacial score (nSPS) is 11.4. The van der Waals surface area contributed by atoms with E-state index in [0.717, 1.165) is 34.6 Å². The van der Waals surface area contributed by atoms with Gasteiger partial charge in [0.05, 0.1) is 24.3 Å². The monoisotopic (exact) mass is 410 g/mol. The number of pyridine rings is 1. The Balaban J connectivity index is 0.000000735. The van der Waals surface area contributed by atoms with Gasteiger partial charge >= 0.3 is 0 Å². The van der Waals surface area contributed by atoms with E-state index in [2.05, 4.69) is 31.1 Å². The average molecular weight is 411 g/mol. The lowest BCUT2D eigenvalue weighted by Gasteiger charge is -2.17. The van der Waals surface area contributed by atoms with Crippen LogP contribution in [0, 0.1) is 11.2 Å². The molecule has 160 valence electrons. The number of rotatable bonds is 6. The summed E-state index contributed by atoms with van der Waals surface area (Å²) in [6.45, 7) is 9.08. The zero-order chi connectivity index (χ0) is 22.1. The highest BCUT2D eigenvalue weighted by Gasteiger charge is 2.14. The molecule has 1 aromatic carbocycles. The zero-order valence-electron chi connectivity index (χ0n) is 18.1. The number of halogens is 1. The van der Waals surface area contributed by atoms with E-state index in [9.17, 15) is 4.39 Å². The fourth-order valence-corrected chi connectivity index (χ4v) is 2.63. The minimum Gasteiger partial charge on any atom is -0.372 e. The molecule has 0 aliphatic heterocycles. The number of aromatic nitrogens is 2. The number of hydrogen-bond acceptors (Lipinski definition) is 4. The lowest BCUT2D eigenvalue weighted by molar-refractivity contribution is 0.516. The van der Waals surface area contributed by atoms with Gasteiger partial charge in [0, 0.05) is 23.8 Å². The highest BCUT2D eigenvalue weighted by molar-refractivity contribution is 5.67. The Bertz CT molecular complexity index is 983. The van der Waals surface area contributed by atoms with Gasteiger partial charge in [0.1, 0.15) is 11.5 Å². The van der Waals surface area contributed by atoms with Crippen LogP contribution in [0.5, 0.6) is 0 Å². The van der Waals surface area contributed by atoms with E-state index in [4.69, 9.17) is 16.1 Å². The molecule has 0 unspecified atom stereocenters. The maximum absolute atomic E-state index is 13.3. The third kappa shape index (κ3) is 6.49. The Morgan fingerprint density at radius 1 is 1.23 bits per heavy atom. The maximum Gasteiger partial charge on any atom is 0.138 e. The van der Waals surface area contributed by atoms with Crippen molar-refractivity contribution in [3.63, 3.8) is 0 Å². The lowest BCUT2D eigenvalue weighted by Crippen LogP contribution is -2.34. The molecular weight excluding hydrogens is 379 g/mol. The lowest BCUT2D eigenvalue weighted by atomic mass is 10.1. The molecule has 0 radical (unpaired) electrons. The van der Waals surface area contributed by atoms with Crippen LogP contribution in [0.25, 0.3) is 16.9 Å². The number of hydrogen-bond donors (Lipinski definition) is 3. The van der Waals surface area contributed by atoms with E-state index in [1.807, 2.05) is 29.7 Å². The summed E-state index contributed by atoms with van der Waals surface area (Å²) in [7, 11) is 0. The Morgan fingerprint density at radius 2 is 1.90 bits per heavy atom. The average Bonchev–Trinajstić information content (AvgIpc) is 3.08. The van der Waals surface area contributed by atoms with Crippen molar-refractivity contribution in [2.75, 3.05) is 0 Å². The largest absolute Gasteiger partial charge is 0.372 e. The van der Waals surface area contributed by atoms with Gasteiger partial charge in [-0.3, -0.25) is 4.99 Å². The van der Waals surface area contributed by atoms with E-state index < -0.39 is 0 Å². The van der Waals surface area contributed by atoms with Gasteiger partial charge in [0.15, 0.2) is 0 Å². The van der Waals surface area contributed by atoms with Gasteiger partial charge in [-0.2, -0.15) is 0 Å². The molecule has 0 saturated heterocycles. The van der Waals surface area contributed by atoms with Crippen molar-refractivity contribution in [2.45, 2.75) is 52.7 Å². The van der Waals surface area contributed by atoms with Gasteiger partial charge in [-0.1, -0.05) is 6.92 Å². The fourth-order valence-electron chi connectivity index (χ4n) is 2.63. The minimum atomic E-state index is -0.267. The van der Waals surface area contributed by atoms with Crippen molar-refractivity contribution in [3.05, 3.63) is 59.7 Å². The molecule has 0 amide bonds. The van der Waals surface area contributed by atoms with Gasteiger partial charge in [-0.05, 0) is 75.4 Å². The first kappa shape index (κ1) is 23.2. The quantitative estimate of drug-likeness (QED) is 0.411. The summed E-state index contributed by atoms with van der Waals surface area (Å²) in [5.41, 5.74) is 10.1. The van der Waals surface area contributed by atoms with Crippen molar-refractivity contribution in [1.82, 2.24) is 14.7 Å². The second-order valence-corrected chi connectivity index (χ2v) is 7.86. The van der Waals surface area contributed by atoms with Crippen molar-refractivity contribution in [3.8, 4) is 11.3 Å². The van der Waals surface area contributed by atoms with Gasteiger partial charge in [-0.15, -0.1) is 0 Å². The Hall–Kier alpha value is -3.06. The molecular formula is C23H31FN6. The van der Waals surface area contributed by atoms with E-state index in [1.165, 1.54) is 18.3 Å². The summed E-state index contributed by atoms with van der Waals surface area (Å²) in [6.07, 6.45) is 5.92. The molecule has 2 heterocycles. The van der Waals surface area contributed by atoms with Crippen molar-refractivity contribution in [1.29, 1.82) is 5.41 Å². The van der Waals surface area contributed by atoms with Crippen LogP contribution in [0.3, 0.4) is 0 Å². The minimum absolute atomic E-state index is 0.0429. The molecule has 2 aromatic heterocycles. The van der Waals surface area contributed by atoms with Gasteiger partial charge in [-0.25, -0.2) is 9.37 Å². The van der Waals surface area contributed by atoms with Crippen LogP contribution in [0.15, 0.2) is 47.6 Å². The molecule has 0 fully saturated rings. The molecule has 3 rings (SSSR count). The Kier molecular flexibility index (Phi) is 8.24. The molecule has 0 aliphatic carbocycles. The molecule has 0 bridgehead atoms. The van der Waals surface area contributed by atoms with Crippen molar-refractivity contribution in [2.24, 2.45) is 10.7 Å². The molecule has 6 nitrogen and oxygen atoms in total. The van der Waals surface area contributed by atoms with E-state index >= 15 is 0 Å². The van der Waals surface area contributed by atoms with Gasteiger partial charge in [0.2, 0.25) is 0 Å². The Labute approximate surface area is 177 Å². The van der Waals surface area contributed by atoms with E-state index in [-0.39, 0.29) is 11.4 Å². The molecule has 7 heteroatoms. The molecule has 0 spiro atoms. The number of benzene rings is 1. The summed E-state index contributed by atoms with van der Waals surface area (Å²) in [5, 5.41) is 9.56. The predicted molar refractivity (Wildman–Crippen MR) is 123 cm³/mol. The van der Waals surface area contributed by atoms with Crippen LogP contribution in [0.2, 0.25) is 0 Å². The zero-order valence-corrected chi connectivity index (χ0v) is 18.1. The SMILES string of the molecule is CC(C)(C)NC=NCc1c(-c2ccc(F)cc2)nc2cc(CN)ccn12.CCC=N. The molecule has 0 saturated carbocycles. The summed E-state index contributed by atoms with van der Waals surface area (Å²) in [5.74, 6) is -0.267. The number of nitrogens with two attached hydrogens (primary N) is 1. The number of imidazole rings is 1. The highest BCUT2D eigenvalue weighted by Crippen LogP contribution is 2.26. The first-order valence-electron chi connectivity index (χ1n) is 9.99. The Morgan fingerprint density at radius 3 is 2.47 bits per heavy atom. The van der Waals surface area contributed by atoms with Crippen LogP contribution < -0.4 is 11.1 Å². The number of nitrogens with one attached hydrogen (secondary N) is 2. The fraction of sp³-hybridized carbons (Fsp3) is 0.348. The topological polar surface area (TPSA) is 91.6 Å². The first-order chi connectivity index (χ1) is 14.3. The smallest absolute Gasteiger partial charge is 0.138 e. The van der Waals surface area contributed by atoms with Crippen LogP contribution in [-0.2, 0) is 13.1 Å². The standard InChI is InChI=1S/C20H24FN5.C3H7N/c1-20(2,3)24-13-23-12-17-19(15-4-6-16(21)7-5-15)25-18-10-14(11-22)8-9-26(17)18;1-2-3-4/h4-10,13H,11-12,22H2,1-3H3,(H,23,24);3-4H,2H2,1H3. The molecule has 3 aromatic rings. The van der Waals surface area contributed by atoms with E-state index in [0.29, 0.717) is 13.1 Å². The van der Waals surface area contributed by atoms with Crippen LogP contribution in [0.4, 0.5) is 4.39 Å².